The number of ether oxygens (including phenoxy) is 1. The lowest BCUT2D eigenvalue weighted by Gasteiger charge is -2.31. The monoisotopic (exact) mass is 398 g/mol. The van der Waals surface area contributed by atoms with Crippen molar-refractivity contribution < 1.29 is 9.53 Å². The first-order valence-electron chi connectivity index (χ1n) is 8.99. The van der Waals surface area contributed by atoms with Gasteiger partial charge in [0.25, 0.3) is 0 Å². The number of hydrogen-bond donors (Lipinski definition) is 1. The summed E-state index contributed by atoms with van der Waals surface area (Å²) in [5.41, 5.74) is 0.684. The lowest BCUT2D eigenvalue weighted by molar-refractivity contribution is 0.110. The van der Waals surface area contributed by atoms with Gasteiger partial charge >= 0.3 is 6.03 Å². The van der Waals surface area contributed by atoms with Crippen LogP contribution in [0.15, 0.2) is 54.9 Å². The number of piperidine rings is 1. The van der Waals surface area contributed by atoms with E-state index in [0.29, 0.717) is 35.5 Å². The van der Waals surface area contributed by atoms with Crippen LogP contribution in [0, 0.1) is 0 Å². The zero-order valence-electron chi connectivity index (χ0n) is 15.0. The van der Waals surface area contributed by atoms with Crippen LogP contribution in [0.1, 0.15) is 12.8 Å². The van der Waals surface area contributed by atoms with Gasteiger partial charge in [0.2, 0.25) is 5.88 Å². The molecule has 9 heteroatoms. The summed E-state index contributed by atoms with van der Waals surface area (Å²) in [5.74, 6) is 1.10. The number of carbonyl (C=O) groups is 1. The minimum absolute atomic E-state index is 0.0000677. The highest BCUT2D eigenvalue weighted by Crippen LogP contribution is 2.19. The summed E-state index contributed by atoms with van der Waals surface area (Å²) in [7, 11) is 0. The Morgan fingerprint density at radius 2 is 2.00 bits per heavy atom. The van der Waals surface area contributed by atoms with Crippen LogP contribution in [0.25, 0.3) is 5.82 Å². The first kappa shape index (κ1) is 18.2. The minimum atomic E-state index is -0.135. The summed E-state index contributed by atoms with van der Waals surface area (Å²) in [6.45, 7) is 1.21. The Morgan fingerprint density at radius 1 is 1.14 bits per heavy atom. The smallest absolute Gasteiger partial charge is 0.321 e. The maximum atomic E-state index is 12.4. The molecule has 0 atom stereocenters. The summed E-state index contributed by atoms with van der Waals surface area (Å²) in [4.78, 5) is 14.2. The lowest BCUT2D eigenvalue weighted by Crippen LogP contribution is -2.43. The molecule has 0 aliphatic carbocycles. The van der Waals surface area contributed by atoms with Crippen LogP contribution in [0.2, 0.25) is 5.02 Å². The summed E-state index contributed by atoms with van der Waals surface area (Å²) < 4.78 is 7.54. The van der Waals surface area contributed by atoms with Crippen molar-refractivity contribution in [3.05, 3.63) is 59.9 Å². The number of rotatable bonds is 4. The number of nitrogens with zero attached hydrogens (tertiary/aromatic N) is 5. The standard InChI is InChI=1S/C19H19ClN6O2/c20-14-3-1-4-15(13-14)22-19(27)25-11-7-16(8-12-25)28-18-6-5-17(23-24-18)26-10-2-9-21-26/h1-6,9-10,13,16H,7-8,11-12H2,(H,22,27). The van der Waals surface area contributed by atoms with E-state index < -0.39 is 0 Å². The highest BCUT2D eigenvalue weighted by atomic mass is 35.5. The van der Waals surface area contributed by atoms with Gasteiger partial charge in [-0.3, -0.25) is 0 Å². The number of nitrogens with one attached hydrogen (secondary N) is 1. The van der Waals surface area contributed by atoms with Gasteiger partial charge in [-0.1, -0.05) is 17.7 Å². The third-order valence-electron chi connectivity index (χ3n) is 4.46. The lowest BCUT2D eigenvalue weighted by atomic mass is 10.1. The van der Waals surface area contributed by atoms with Crippen molar-refractivity contribution in [3.8, 4) is 11.7 Å². The van der Waals surface area contributed by atoms with Crippen molar-refractivity contribution in [2.75, 3.05) is 18.4 Å². The largest absolute Gasteiger partial charge is 0.473 e. The fourth-order valence-electron chi connectivity index (χ4n) is 3.02. The maximum Gasteiger partial charge on any atom is 0.321 e. The molecule has 1 aliphatic heterocycles. The van der Waals surface area contributed by atoms with Crippen LogP contribution in [0.4, 0.5) is 10.5 Å². The number of likely N-dealkylation sites (tertiary alicyclic amines) is 1. The van der Waals surface area contributed by atoms with E-state index in [9.17, 15) is 4.79 Å². The van der Waals surface area contributed by atoms with E-state index >= 15 is 0 Å². The zero-order chi connectivity index (χ0) is 19.3. The van der Waals surface area contributed by atoms with Gasteiger partial charge in [0.15, 0.2) is 5.82 Å². The molecule has 144 valence electrons. The molecule has 3 heterocycles. The van der Waals surface area contributed by atoms with Crippen molar-refractivity contribution in [3.63, 3.8) is 0 Å². The zero-order valence-corrected chi connectivity index (χ0v) is 15.8. The Labute approximate surface area is 167 Å². The highest BCUT2D eigenvalue weighted by molar-refractivity contribution is 6.30. The average Bonchev–Trinajstić information content (AvgIpc) is 3.24. The molecule has 8 nitrogen and oxygen atoms in total. The van der Waals surface area contributed by atoms with Gasteiger partial charge < -0.3 is 15.0 Å². The van der Waals surface area contributed by atoms with Gasteiger partial charge in [-0.2, -0.15) is 5.10 Å². The van der Waals surface area contributed by atoms with E-state index in [1.54, 1.807) is 46.2 Å². The topological polar surface area (TPSA) is 85.2 Å². The Balaban J connectivity index is 1.27. The van der Waals surface area contributed by atoms with Crippen molar-refractivity contribution in [2.24, 2.45) is 0 Å². The first-order chi connectivity index (χ1) is 13.7. The molecule has 0 spiro atoms. The maximum absolute atomic E-state index is 12.4. The number of hydrogen-bond acceptors (Lipinski definition) is 5. The molecule has 1 saturated heterocycles. The van der Waals surface area contributed by atoms with Crippen LogP contribution in [0.3, 0.4) is 0 Å². The summed E-state index contributed by atoms with van der Waals surface area (Å²) in [6.07, 6.45) is 4.94. The Morgan fingerprint density at radius 3 is 2.68 bits per heavy atom. The molecule has 0 saturated carbocycles. The molecule has 1 aromatic carbocycles. The third-order valence-corrected chi connectivity index (χ3v) is 4.69. The van der Waals surface area contributed by atoms with Crippen molar-refractivity contribution >= 4 is 23.3 Å². The molecule has 1 N–H and O–H groups in total. The predicted octanol–water partition coefficient (Wildman–Crippen LogP) is 3.39. The van der Waals surface area contributed by atoms with Crippen LogP contribution in [-0.4, -0.2) is 50.1 Å². The van der Waals surface area contributed by atoms with E-state index in [-0.39, 0.29) is 12.1 Å². The van der Waals surface area contributed by atoms with E-state index in [2.05, 4.69) is 20.6 Å². The number of anilines is 1. The second-order valence-electron chi connectivity index (χ2n) is 6.43. The number of carbonyl (C=O) groups excluding carboxylic acids is 1. The van der Waals surface area contributed by atoms with Crippen molar-refractivity contribution in [2.45, 2.75) is 18.9 Å². The molecule has 2 amide bonds. The van der Waals surface area contributed by atoms with Gasteiger partial charge in [-0.25, -0.2) is 9.48 Å². The van der Waals surface area contributed by atoms with Crippen LogP contribution >= 0.6 is 11.6 Å². The fraction of sp³-hybridized carbons (Fsp3) is 0.263. The van der Waals surface area contributed by atoms with E-state index in [0.717, 1.165) is 12.8 Å². The van der Waals surface area contributed by atoms with Crippen LogP contribution in [0.5, 0.6) is 5.88 Å². The molecular formula is C19H19ClN6O2. The molecule has 1 fully saturated rings. The van der Waals surface area contributed by atoms with Crippen LogP contribution in [-0.2, 0) is 0 Å². The van der Waals surface area contributed by atoms with Gasteiger partial charge in [-0.15, -0.1) is 10.2 Å². The highest BCUT2D eigenvalue weighted by Gasteiger charge is 2.24. The Kier molecular flexibility index (Phi) is 5.38. The number of urea groups is 1. The summed E-state index contributed by atoms with van der Waals surface area (Å²) in [5, 5.41) is 15.8. The fourth-order valence-corrected chi connectivity index (χ4v) is 3.21. The number of benzene rings is 1. The molecular weight excluding hydrogens is 380 g/mol. The normalized spacial score (nSPS) is 14.7. The van der Waals surface area contributed by atoms with Crippen molar-refractivity contribution in [1.29, 1.82) is 0 Å². The number of halogens is 1. The second kappa shape index (κ2) is 8.26. The number of amides is 2. The van der Waals surface area contributed by atoms with E-state index in [1.165, 1.54) is 0 Å². The molecule has 2 aromatic heterocycles. The van der Waals surface area contributed by atoms with E-state index in [1.807, 2.05) is 18.2 Å². The minimum Gasteiger partial charge on any atom is -0.473 e. The average molecular weight is 399 g/mol. The molecule has 0 bridgehead atoms. The molecule has 0 unspecified atom stereocenters. The summed E-state index contributed by atoms with van der Waals surface area (Å²) in [6, 6.07) is 12.4. The van der Waals surface area contributed by atoms with Crippen LogP contribution < -0.4 is 10.1 Å². The van der Waals surface area contributed by atoms with E-state index in [4.69, 9.17) is 16.3 Å². The SMILES string of the molecule is O=C(Nc1cccc(Cl)c1)N1CCC(Oc2ccc(-n3cccn3)nn2)CC1. The molecule has 0 radical (unpaired) electrons. The number of aromatic nitrogens is 4. The Bertz CT molecular complexity index is 924. The van der Waals surface area contributed by atoms with Crippen molar-refractivity contribution in [1.82, 2.24) is 24.9 Å². The molecule has 4 rings (SSSR count). The van der Waals surface area contributed by atoms with Gasteiger partial charge in [-0.05, 0) is 30.3 Å². The predicted molar refractivity (Wildman–Crippen MR) is 105 cm³/mol. The molecule has 3 aromatic rings. The second-order valence-corrected chi connectivity index (χ2v) is 6.86. The van der Waals surface area contributed by atoms with Gasteiger partial charge in [0.1, 0.15) is 6.10 Å². The quantitative estimate of drug-likeness (QED) is 0.728. The molecule has 1 aliphatic rings. The first-order valence-corrected chi connectivity index (χ1v) is 9.37. The van der Waals surface area contributed by atoms with Gasteiger partial charge in [0, 0.05) is 55.1 Å². The third kappa shape index (κ3) is 4.40. The van der Waals surface area contributed by atoms with Gasteiger partial charge in [0.05, 0.1) is 0 Å². The molecule has 28 heavy (non-hydrogen) atoms. The Hall–Kier alpha value is -3.13. The summed E-state index contributed by atoms with van der Waals surface area (Å²) >= 11 is 5.95.